The van der Waals surface area contributed by atoms with Crippen LogP contribution in [0.25, 0.3) is 22.4 Å². The van der Waals surface area contributed by atoms with Crippen molar-refractivity contribution in [2.45, 2.75) is 0 Å². The molecule has 1 aliphatic rings. The highest BCUT2D eigenvalue weighted by Gasteiger charge is 2.13. The number of hydrogen-bond donors (Lipinski definition) is 1. The van der Waals surface area contributed by atoms with Crippen LogP contribution in [0.3, 0.4) is 0 Å². The molecule has 1 saturated heterocycles. The predicted octanol–water partition coefficient (Wildman–Crippen LogP) is 4.66. The first-order chi connectivity index (χ1) is 17.3. The molecule has 1 fully saturated rings. The monoisotopic (exact) mass is 466 g/mol. The van der Waals surface area contributed by atoms with Crippen molar-refractivity contribution in [3.63, 3.8) is 0 Å². The summed E-state index contributed by atoms with van der Waals surface area (Å²) in [7, 11) is 0. The number of anilines is 2. The first-order valence-corrected chi connectivity index (χ1v) is 11.6. The summed E-state index contributed by atoms with van der Waals surface area (Å²) in [5.41, 5.74) is 4.27. The summed E-state index contributed by atoms with van der Waals surface area (Å²) < 4.78 is 11.3. The van der Waals surface area contributed by atoms with Crippen LogP contribution in [-0.2, 0) is 9.53 Å². The van der Waals surface area contributed by atoms with Crippen LogP contribution in [-0.4, -0.2) is 49.0 Å². The maximum absolute atomic E-state index is 12.6. The number of morpholine rings is 1. The summed E-state index contributed by atoms with van der Waals surface area (Å²) in [5.74, 6) is 1.27. The Morgan fingerprint density at radius 3 is 2.43 bits per heavy atom. The Bertz CT molecular complexity index is 1270. The van der Waals surface area contributed by atoms with E-state index < -0.39 is 0 Å². The topological polar surface area (TPSA) is 76.6 Å². The normalized spacial score (nSPS) is 13.3. The number of carbonyl (C=O) groups is 1. The summed E-state index contributed by atoms with van der Waals surface area (Å²) in [5, 5.41) is 11.7. The number of aromatic nitrogens is 2. The third-order valence-electron chi connectivity index (χ3n) is 5.76. The average molecular weight is 467 g/mol. The molecule has 176 valence electrons. The number of carbonyl (C=O) groups excluding carboxylic acids is 1. The number of hydrogen-bond acceptors (Lipinski definition) is 6. The van der Waals surface area contributed by atoms with E-state index in [1.54, 1.807) is 0 Å². The molecular formula is C28H26N4O3. The molecule has 2 heterocycles. The van der Waals surface area contributed by atoms with Gasteiger partial charge in [0.1, 0.15) is 5.75 Å². The Labute approximate surface area is 204 Å². The van der Waals surface area contributed by atoms with Gasteiger partial charge in [-0.3, -0.25) is 4.79 Å². The van der Waals surface area contributed by atoms with E-state index in [1.807, 2.05) is 91.0 Å². The van der Waals surface area contributed by atoms with Gasteiger partial charge in [-0.15, -0.1) is 10.2 Å². The molecule has 1 N–H and O–H groups in total. The zero-order valence-electron chi connectivity index (χ0n) is 19.3. The fourth-order valence-electron chi connectivity index (χ4n) is 3.99. The third-order valence-corrected chi connectivity index (χ3v) is 5.76. The van der Waals surface area contributed by atoms with E-state index in [-0.39, 0.29) is 12.5 Å². The van der Waals surface area contributed by atoms with E-state index in [0.717, 1.165) is 41.3 Å². The highest BCUT2D eigenvalue weighted by atomic mass is 16.5. The zero-order chi connectivity index (χ0) is 23.9. The number of nitrogens with one attached hydrogen (secondary N) is 1. The van der Waals surface area contributed by atoms with E-state index in [4.69, 9.17) is 9.47 Å². The zero-order valence-corrected chi connectivity index (χ0v) is 19.3. The molecular weight excluding hydrogens is 440 g/mol. The van der Waals surface area contributed by atoms with Gasteiger partial charge in [-0.2, -0.15) is 0 Å². The largest absolute Gasteiger partial charge is 0.483 e. The maximum atomic E-state index is 12.6. The minimum Gasteiger partial charge on any atom is -0.483 e. The predicted molar refractivity (Wildman–Crippen MR) is 137 cm³/mol. The first kappa shape index (κ1) is 22.6. The summed E-state index contributed by atoms with van der Waals surface area (Å²) in [6.45, 7) is 2.93. The van der Waals surface area contributed by atoms with Crippen molar-refractivity contribution in [2.24, 2.45) is 0 Å². The summed E-state index contributed by atoms with van der Waals surface area (Å²) >= 11 is 0. The van der Waals surface area contributed by atoms with Crippen molar-refractivity contribution in [2.75, 3.05) is 43.1 Å². The van der Waals surface area contributed by atoms with E-state index >= 15 is 0 Å². The first-order valence-electron chi connectivity index (χ1n) is 11.6. The molecule has 7 heteroatoms. The molecule has 0 aliphatic carbocycles. The molecule has 35 heavy (non-hydrogen) atoms. The fourth-order valence-corrected chi connectivity index (χ4v) is 3.99. The van der Waals surface area contributed by atoms with Crippen LogP contribution in [0.2, 0.25) is 0 Å². The van der Waals surface area contributed by atoms with Crippen LogP contribution in [0, 0.1) is 0 Å². The van der Waals surface area contributed by atoms with Gasteiger partial charge in [0.15, 0.2) is 12.4 Å². The molecule has 7 nitrogen and oxygen atoms in total. The molecule has 1 aliphatic heterocycles. The van der Waals surface area contributed by atoms with Crippen LogP contribution in [0.1, 0.15) is 0 Å². The van der Waals surface area contributed by atoms with Gasteiger partial charge in [0.2, 0.25) is 0 Å². The summed E-state index contributed by atoms with van der Waals surface area (Å²) in [6.07, 6.45) is 0. The van der Waals surface area contributed by atoms with Crippen molar-refractivity contribution in [3.8, 4) is 28.1 Å². The second kappa shape index (κ2) is 10.8. The van der Waals surface area contributed by atoms with E-state index in [2.05, 4.69) is 20.4 Å². The smallest absolute Gasteiger partial charge is 0.262 e. The Balaban J connectivity index is 1.22. The Hall–Kier alpha value is -4.23. The Morgan fingerprint density at radius 1 is 0.857 bits per heavy atom. The van der Waals surface area contributed by atoms with Crippen LogP contribution in [0.5, 0.6) is 5.75 Å². The van der Waals surface area contributed by atoms with Gasteiger partial charge in [0.25, 0.3) is 5.91 Å². The summed E-state index contributed by atoms with van der Waals surface area (Å²) in [6, 6.07) is 29.1. The van der Waals surface area contributed by atoms with Crippen molar-refractivity contribution < 1.29 is 14.3 Å². The van der Waals surface area contributed by atoms with Crippen molar-refractivity contribution in [3.05, 3.63) is 91.0 Å². The van der Waals surface area contributed by atoms with E-state index in [9.17, 15) is 4.79 Å². The average Bonchev–Trinajstić information content (AvgIpc) is 2.93. The van der Waals surface area contributed by atoms with Gasteiger partial charge in [0, 0.05) is 29.9 Å². The Morgan fingerprint density at radius 2 is 1.63 bits per heavy atom. The molecule has 1 amide bonds. The van der Waals surface area contributed by atoms with Gasteiger partial charge < -0.3 is 19.7 Å². The lowest BCUT2D eigenvalue weighted by Gasteiger charge is -2.27. The molecule has 0 radical (unpaired) electrons. The quantitative estimate of drug-likeness (QED) is 0.427. The highest BCUT2D eigenvalue weighted by molar-refractivity contribution is 5.92. The van der Waals surface area contributed by atoms with E-state index in [1.165, 1.54) is 0 Å². The molecule has 4 aromatic rings. The van der Waals surface area contributed by atoms with Gasteiger partial charge in [-0.05, 0) is 35.9 Å². The van der Waals surface area contributed by atoms with Gasteiger partial charge in [-0.1, -0.05) is 60.7 Å². The number of rotatable bonds is 7. The van der Waals surface area contributed by atoms with Crippen molar-refractivity contribution in [1.82, 2.24) is 10.2 Å². The van der Waals surface area contributed by atoms with Crippen molar-refractivity contribution in [1.29, 1.82) is 0 Å². The molecule has 0 bridgehead atoms. The standard InChI is InChI=1S/C28H26N4O3/c33-28(20-35-26-12-5-4-11-24(26)21-7-2-1-3-8-21)29-23-10-6-9-22(19-23)25-13-14-27(31-30-25)32-15-17-34-18-16-32/h1-14,19H,15-18,20H2,(H,29,33). The number of benzene rings is 3. The number of para-hydroxylation sites is 1. The minimum absolute atomic E-state index is 0.0951. The van der Waals surface area contributed by atoms with Gasteiger partial charge >= 0.3 is 0 Å². The number of amides is 1. The van der Waals surface area contributed by atoms with Gasteiger partial charge in [-0.25, -0.2) is 0 Å². The SMILES string of the molecule is O=C(COc1ccccc1-c1ccccc1)Nc1cccc(-c2ccc(N3CCOCC3)nn2)c1. The molecule has 0 saturated carbocycles. The number of nitrogens with zero attached hydrogens (tertiary/aromatic N) is 3. The van der Waals surface area contributed by atoms with Crippen LogP contribution in [0.4, 0.5) is 11.5 Å². The van der Waals surface area contributed by atoms with Gasteiger partial charge in [0.05, 0.1) is 18.9 Å². The van der Waals surface area contributed by atoms with Crippen LogP contribution < -0.4 is 15.0 Å². The van der Waals surface area contributed by atoms with Crippen LogP contribution >= 0.6 is 0 Å². The molecule has 0 unspecified atom stereocenters. The van der Waals surface area contributed by atoms with Crippen LogP contribution in [0.15, 0.2) is 91.0 Å². The lowest BCUT2D eigenvalue weighted by atomic mass is 10.1. The minimum atomic E-state index is -0.237. The molecule has 0 atom stereocenters. The number of ether oxygens (including phenoxy) is 2. The highest BCUT2D eigenvalue weighted by Crippen LogP contribution is 2.29. The second-order valence-corrected chi connectivity index (χ2v) is 8.16. The lowest BCUT2D eigenvalue weighted by Crippen LogP contribution is -2.36. The third kappa shape index (κ3) is 5.65. The molecule has 0 spiro atoms. The molecule has 5 rings (SSSR count). The summed E-state index contributed by atoms with van der Waals surface area (Å²) in [4.78, 5) is 14.8. The van der Waals surface area contributed by atoms with E-state index in [0.29, 0.717) is 24.7 Å². The van der Waals surface area contributed by atoms with Crippen molar-refractivity contribution >= 4 is 17.4 Å². The fraction of sp³-hybridized carbons (Fsp3) is 0.179. The second-order valence-electron chi connectivity index (χ2n) is 8.16. The lowest BCUT2D eigenvalue weighted by molar-refractivity contribution is -0.118. The molecule has 3 aromatic carbocycles. The molecule has 1 aromatic heterocycles. The maximum Gasteiger partial charge on any atom is 0.262 e. The Kier molecular flexibility index (Phi) is 6.96.